The van der Waals surface area contributed by atoms with Crippen LogP contribution in [-0.2, 0) is 11.3 Å². The van der Waals surface area contributed by atoms with Gasteiger partial charge in [0, 0.05) is 18.3 Å². The van der Waals surface area contributed by atoms with Crippen LogP contribution in [0, 0.1) is 0 Å². The summed E-state index contributed by atoms with van der Waals surface area (Å²) in [4.78, 5) is 27.7. The lowest BCUT2D eigenvalue weighted by Gasteiger charge is -2.19. The van der Waals surface area contributed by atoms with Crippen LogP contribution in [0.4, 0.5) is 0 Å². The van der Waals surface area contributed by atoms with E-state index in [4.69, 9.17) is 9.84 Å². The van der Waals surface area contributed by atoms with E-state index in [1.54, 1.807) is 6.92 Å². The van der Waals surface area contributed by atoms with Crippen molar-refractivity contribution in [2.24, 2.45) is 0 Å². The largest absolute Gasteiger partial charge is 0.515 e. The second kappa shape index (κ2) is 5.03. The average molecular weight is 250 g/mol. The second-order valence-electron chi connectivity index (χ2n) is 3.93. The van der Waals surface area contributed by atoms with Gasteiger partial charge in [-0.15, -0.1) is 0 Å². The van der Waals surface area contributed by atoms with Crippen molar-refractivity contribution in [1.29, 1.82) is 0 Å². The molecule has 1 aromatic rings. The van der Waals surface area contributed by atoms with Crippen molar-refractivity contribution in [2.75, 3.05) is 6.61 Å². The lowest BCUT2D eigenvalue weighted by Crippen LogP contribution is -2.32. The third-order valence-corrected chi connectivity index (χ3v) is 2.81. The molecule has 6 nitrogen and oxygen atoms in total. The molecule has 0 unspecified atom stereocenters. The number of aromatic nitrogens is 2. The first-order valence-corrected chi connectivity index (χ1v) is 5.79. The molecular weight excluding hydrogens is 236 g/mol. The molecule has 1 N–H and O–H groups in total. The molecule has 0 atom stereocenters. The van der Waals surface area contributed by atoms with E-state index in [1.807, 2.05) is 0 Å². The van der Waals surface area contributed by atoms with Crippen molar-refractivity contribution in [3.8, 4) is 0 Å². The topological polar surface area (TPSA) is 81.4 Å². The number of nitrogens with zero attached hydrogens (tertiary/aromatic N) is 2. The highest BCUT2D eigenvalue weighted by atomic mass is 16.5. The van der Waals surface area contributed by atoms with Gasteiger partial charge in [-0.3, -0.25) is 9.36 Å². The summed E-state index contributed by atoms with van der Waals surface area (Å²) in [6.45, 7) is 2.38. The standard InChI is InChI=1S/C12H14N2O4/c1-2-18-12(17)9-6-13-10-8(7-15)4-3-5-14(10)11(9)16/h6-7,15H,2-5H2,1H3/b8-7+. The Morgan fingerprint density at radius 1 is 1.67 bits per heavy atom. The summed E-state index contributed by atoms with van der Waals surface area (Å²) in [5.74, 6) is -0.243. The Balaban J connectivity index is 2.51. The fraction of sp³-hybridized carbons (Fsp3) is 0.417. The summed E-state index contributed by atoms with van der Waals surface area (Å²) in [7, 11) is 0. The van der Waals surface area contributed by atoms with E-state index in [0.717, 1.165) is 12.7 Å². The van der Waals surface area contributed by atoms with Crippen LogP contribution in [0.2, 0.25) is 0 Å². The van der Waals surface area contributed by atoms with Gasteiger partial charge < -0.3 is 9.84 Å². The van der Waals surface area contributed by atoms with E-state index < -0.39 is 11.5 Å². The highest BCUT2D eigenvalue weighted by Gasteiger charge is 2.21. The Labute approximate surface area is 104 Å². The number of ether oxygens (including phenoxy) is 1. The zero-order chi connectivity index (χ0) is 13.1. The Morgan fingerprint density at radius 2 is 2.44 bits per heavy atom. The van der Waals surface area contributed by atoms with Crippen molar-refractivity contribution in [3.05, 3.63) is 34.2 Å². The van der Waals surface area contributed by atoms with Gasteiger partial charge in [0.1, 0.15) is 11.4 Å². The predicted molar refractivity (Wildman–Crippen MR) is 64.3 cm³/mol. The van der Waals surface area contributed by atoms with Gasteiger partial charge in [0.2, 0.25) is 0 Å². The molecule has 6 heteroatoms. The smallest absolute Gasteiger partial charge is 0.345 e. The second-order valence-corrected chi connectivity index (χ2v) is 3.93. The first kappa shape index (κ1) is 12.3. The molecule has 2 rings (SSSR count). The average Bonchev–Trinajstić information content (AvgIpc) is 2.39. The zero-order valence-corrected chi connectivity index (χ0v) is 10.0. The molecule has 0 saturated heterocycles. The number of allylic oxidation sites excluding steroid dienone is 1. The Morgan fingerprint density at radius 3 is 3.11 bits per heavy atom. The summed E-state index contributed by atoms with van der Waals surface area (Å²) in [5.41, 5.74) is 0.117. The Kier molecular flexibility index (Phi) is 3.45. The number of carbonyl (C=O) groups excluding carboxylic acids is 1. The molecule has 18 heavy (non-hydrogen) atoms. The molecule has 1 aliphatic rings. The van der Waals surface area contributed by atoms with Gasteiger partial charge in [0.25, 0.3) is 5.56 Å². The minimum Gasteiger partial charge on any atom is -0.515 e. The quantitative estimate of drug-likeness (QED) is 0.628. The van der Waals surface area contributed by atoms with Crippen molar-refractivity contribution in [2.45, 2.75) is 26.3 Å². The van der Waals surface area contributed by atoms with E-state index in [-0.39, 0.29) is 12.2 Å². The van der Waals surface area contributed by atoms with Gasteiger partial charge in [-0.1, -0.05) is 0 Å². The molecule has 0 fully saturated rings. The summed E-state index contributed by atoms with van der Waals surface area (Å²) in [6.07, 6.45) is 3.57. The van der Waals surface area contributed by atoms with Gasteiger partial charge in [-0.05, 0) is 19.8 Å². The van der Waals surface area contributed by atoms with Gasteiger partial charge in [0.05, 0.1) is 12.9 Å². The summed E-state index contributed by atoms with van der Waals surface area (Å²) in [5, 5.41) is 9.08. The molecular formula is C12H14N2O4. The van der Waals surface area contributed by atoms with Crippen LogP contribution in [0.1, 0.15) is 35.9 Å². The van der Waals surface area contributed by atoms with E-state index in [0.29, 0.717) is 24.4 Å². The van der Waals surface area contributed by atoms with Crippen LogP contribution < -0.4 is 5.56 Å². The van der Waals surface area contributed by atoms with Crippen molar-refractivity contribution < 1.29 is 14.6 Å². The van der Waals surface area contributed by atoms with E-state index in [9.17, 15) is 9.59 Å². The number of aliphatic hydroxyl groups excluding tert-OH is 1. The number of aliphatic hydroxyl groups is 1. The van der Waals surface area contributed by atoms with Gasteiger partial charge in [-0.25, -0.2) is 9.78 Å². The molecule has 0 radical (unpaired) electrons. The first-order chi connectivity index (χ1) is 8.69. The predicted octanol–water partition coefficient (Wildman–Crippen LogP) is 1.11. The van der Waals surface area contributed by atoms with Gasteiger partial charge in [0.15, 0.2) is 0 Å². The maximum Gasteiger partial charge on any atom is 0.345 e. The number of hydrogen-bond donors (Lipinski definition) is 1. The fourth-order valence-corrected chi connectivity index (χ4v) is 1.97. The minimum absolute atomic E-state index is 0.0696. The van der Waals surface area contributed by atoms with Gasteiger partial charge in [-0.2, -0.15) is 0 Å². The molecule has 0 aromatic carbocycles. The number of fused-ring (bicyclic) bond motifs is 1. The molecule has 1 aromatic heterocycles. The molecule has 0 aliphatic carbocycles. The fourth-order valence-electron chi connectivity index (χ4n) is 1.97. The van der Waals surface area contributed by atoms with Crippen molar-refractivity contribution >= 4 is 11.5 Å². The molecule has 1 aliphatic heterocycles. The van der Waals surface area contributed by atoms with E-state index >= 15 is 0 Å². The van der Waals surface area contributed by atoms with Gasteiger partial charge >= 0.3 is 5.97 Å². The molecule has 0 bridgehead atoms. The summed E-state index contributed by atoms with van der Waals surface area (Å²) in [6, 6.07) is 0. The van der Waals surface area contributed by atoms with Crippen molar-refractivity contribution in [3.63, 3.8) is 0 Å². The maximum absolute atomic E-state index is 12.1. The Bertz CT molecular complexity index is 560. The van der Waals surface area contributed by atoms with Crippen LogP contribution in [0.25, 0.3) is 5.57 Å². The highest BCUT2D eigenvalue weighted by molar-refractivity contribution is 5.88. The normalized spacial score (nSPS) is 16.4. The van der Waals surface area contributed by atoms with E-state index in [2.05, 4.69) is 4.98 Å². The van der Waals surface area contributed by atoms with E-state index in [1.165, 1.54) is 10.8 Å². The van der Waals surface area contributed by atoms with Crippen molar-refractivity contribution in [1.82, 2.24) is 9.55 Å². The number of hydrogen-bond acceptors (Lipinski definition) is 5. The lowest BCUT2D eigenvalue weighted by molar-refractivity contribution is 0.0522. The van der Waals surface area contributed by atoms with Crippen LogP contribution in [-0.4, -0.2) is 27.2 Å². The Hall–Kier alpha value is -2.11. The third kappa shape index (κ3) is 2.01. The van der Waals surface area contributed by atoms with Crippen LogP contribution in [0.3, 0.4) is 0 Å². The zero-order valence-electron chi connectivity index (χ0n) is 10.0. The number of esters is 1. The monoisotopic (exact) mass is 250 g/mol. The molecule has 0 spiro atoms. The maximum atomic E-state index is 12.1. The van der Waals surface area contributed by atoms with Crippen LogP contribution >= 0.6 is 0 Å². The summed E-state index contributed by atoms with van der Waals surface area (Å²) >= 11 is 0. The molecule has 0 saturated carbocycles. The lowest BCUT2D eigenvalue weighted by atomic mass is 10.1. The first-order valence-electron chi connectivity index (χ1n) is 5.79. The third-order valence-electron chi connectivity index (χ3n) is 2.81. The van der Waals surface area contributed by atoms with Crippen LogP contribution in [0.15, 0.2) is 17.3 Å². The summed E-state index contributed by atoms with van der Waals surface area (Å²) < 4.78 is 6.20. The number of carbonyl (C=O) groups is 1. The van der Waals surface area contributed by atoms with Crippen LogP contribution in [0.5, 0.6) is 0 Å². The molecule has 2 heterocycles. The molecule has 0 amide bonds. The molecule has 96 valence electrons. The number of rotatable bonds is 2. The SMILES string of the molecule is CCOC(=O)c1cnc2n(c1=O)CCC/C2=C\O. The highest BCUT2D eigenvalue weighted by Crippen LogP contribution is 2.22. The minimum atomic E-state index is -0.662.